The summed E-state index contributed by atoms with van der Waals surface area (Å²) in [5, 5.41) is 7.69. The number of urea groups is 1. The fourth-order valence-electron chi connectivity index (χ4n) is 3.80. The van der Waals surface area contributed by atoms with Gasteiger partial charge in [0.05, 0.1) is 24.8 Å². The van der Waals surface area contributed by atoms with Crippen LogP contribution >= 0.6 is 0 Å². The van der Waals surface area contributed by atoms with E-state index in [-0.39, 0.29) is 19.5 Å². The highest BCUT2D eigenvalue weighted by Crippen LogP contribution is 2.25. The van der Waals surface area contributed by atoms with Crippen LogP contribution in [0.3, 0.4) is 0 Å². The number of nitrogens with one attached hydrogen (secondary N) is 3. The molecule has 1 aromatic carbocycles. The minimum atomic E-state index is -1.32. The second-order valence-electron chi connectivity index (χ2n) is 8.35. The number of benzene rings is 1. The molecule has 0 saturated carbocycles. The van der Waals surface area contributed by atoms with Gasteiger partial charge in [0.25, 0.3) is 0 Å². The fourth-order valence-corrected chi connectivity index (χ4v) is 3.80. The molecule has 3 atom stereocenters. The van der Waals surface area contributed by atoms with Crippen LogP contribution in [0, 0.1) is 0 Å². The van der Waals surface area contributed by atoms with Gasteiger partial charge < -0.3 is 20.9 Å². The molecule has 0 spiro atoms. The third-order valence-corrected chi connectivity index (χ3v) is 5.69. The third-order valence-electron chi connectivity index (χ3n) is 5.69. The highest BCUT2D eigenvalue weighted by Gasteiger charge is 2.40. The molecular formula is C24H30FN5O3. The number of carbonyl (C=O) groups is 3. The first-order valence-electron chi connectivity index (χ1n) is 11.0. The molecule has 33 heavy (non-hydrogen) atoms. The number of hydrogen-bond donors (Lipinski definition) is 3. The molecule has 1 fully saturated rings. The van der Waals surface area contributed by atoms with E-state index in [1.807, 2.05) is 42.5 Å². The number of carbonyl (C=O) groups excluding carboxylic acids is 3. The molecule has 1 aromatic heterocycles. The highest BCUT2D eigenvalue weighted by molar-refractivity contribution is 5.91. The summed E-state index contributed by atoms with van der Waals surface area (Å²) in [4.78, 5) is 42.9. The standard InChI is InChI=1S/C24H30FN5O3/c1-15(2)17-9-10-19(27-12-17)22(16-7-5-4-6-8-16)29-23(32)20-11-18(25)14-30(20)21(31)13-28-24(33)26-3/h4-10,12,15,18,20,22H,11,13-14H2,1-3H3,(H,29,32)(H2,26,28,33). The lowest BCUT2D eigenvalue weighted by Crippen LogP contribution is -2.50. The third kappa shape index (κ3) is 6.06. The molecule has 0 aliphatic carbocycles. The van der Waals surface area contributed by atoms with Crippen molar-refractivity contribution >= 4 is 17.8 Å². The van der Waals surface area contributed by atoms with Gasteiger partial charge in [-0.25, -0.2) is 9.18 Å². The van der Waals surface area contributed by atoms with E-state index in [2.05, 4.69) is 34.8 Å². The predicted molar refractivity (Wildman–Crippen MR) is 122 cm³/mol. The van der Waals surface area contributed by atoms with Crippen molar-refractivity contribution in [1.82, 2.24) is 25.8 Å². The summed E-state index contributed by atoms with van der Waals surface area (Å²) in [6.07, 6.45) is 0.372. The van der Waals surface area contributed by atoms with Crippen molar-refractivity contribution in [3.05, 3.63) is 65.5 Å². The smallest absolute Gasteiger partial charge is 0.314 e. The maximum atomic E-state index is 14.2. The number of amides is 4. The van der Waals surface area contributed by atoms with Gasteiger partial charge in [-0.1, -0.05) is 50.2 Å². The summed E-state index contributed by atoms with van der Waals surface area (Å²) in [5.74, 6) is -0.666. The van der Waals surface area contributed by atoms with Gasteiger partial charge in [-0.05, 0) is 23.1 Å². The van der Waals surface area contributed by atoms with Crippen LogP contribution in [0.25, 0.3) is 0 Å². The molecule has 3 rings (SSSR count). The molecule has 176 valence electrons. The van der Waals surface area contributed by atoms with Crippen LogP contribution in [-0.4, -0.2) is 60.1 Å². The van der Waals surface area contributed by atoms with Gasteiger partial charge in [-0.2, -0.15) is 0 Å². The Morgan fingerprint density at radius 2 is 1.85 bits per heavy atom. The van der Waals surface area contributed by atoms with Gasteiger partial charge in [0.15, 0.2) is 0 Å². The average Bonchev–Trinajstić information content (AvgIpc) is 3.23. The van der Waals surface area contributed by atoms with Gasteiger partial charge in [0, 0.05) is 19.7 Å². The topological polar surface area (TPSA) is 103 Å². The van der Waals surface area contributed by atoms with Crippen molar-refractivity contribution in [2.75, 3.05) is 20.1 Å². The number of likely N-dealkylation sites (tertiary alicyclic amines) is 1. The van der Waals surface area contributed by atoms with Gasteiger partial charge in [-0.15, -0.1) is 0 Å². The van der Waals surface area contributed by atoms with E-state index in [0.717, 1.165) is 11.1 Å². The van der Waals surface area contributed by atoms with Crippen LogP contribution in [0.5, 0.6) is 0 Å². The Kier molecular flexibility index (Phi) is 7.97. The summed E-state index contributed by atoms with van der Waals surface area (Å²) in [5.41, 5.74) is 2.55. The van der Waals surface area contributed by atoms with Crippen molar-refractivity contribution in [3.63, 3.8) is 0 Å². The first-order chi connectivity index (χ1) is 15.8. The molecule has 2 aromatic rings. The van der Waals surface area contributed by atoms with Gasteiger partial charge in [0.1, 0.15) is 12.2 Å². The van der Waals surface area contributed by atoms with Gasteiger partial charge >= 0.3 is 6.03 Å². The molecule has 1 aliphatic rings. The Morgan fingerprint density at radius 1 is 1.12 bits per heavy atom. The van der Waals surface area contributed by atoms with E-state index >= 15 is 0 Å². The number of nitrogens with zero attached hydrogens (tertiary/aromatic N) is 2. The van der Waals surface area contributed by atoms with Crippen LogP contribution in [0.4, 0.5) is 9.18 Å². The molecule has 4 amide bonds. The van der Waals surface area contributed by atoms with Gasteiger partial charge in [0.2, 0.25) is 11.8 Å². The Hall–Kier alpha value is -3.49. The van der Waals surface area contributed by atoms with Crippen molar-refractivity contribution in [3.8, 4) is 0 Å². The second kappa shape index (κ2) is 10.9. The second-order valence-corrected chi connectivity index (χ2v) is 8.35. The summed E-state index contributed by atoms with van der Waals surface area (Å²) in [7, 11) is 1.43. The zero-order chi connectivity index (χ0) is 24.0. The Morgan fingerprint density at radius 3 is 2.45 bits per heavy atom. The minimum absolute atomic E-state index is 0.0984. The summed E-state index contributed by atoms with van der Waals surface area (Å²) < 4.78 is 14.2. The van der Waals surface area contributed by atoms with E-state index in [0.29, 0.717) is 11.6 Å². The molecule has 2 heterocycles. The maximum Gasteiger partial charge on any atom is 0.314 e. The molecule has 1 saturated heterocycles. The quantitative estimate of drug-likeness (QED) is 0.596. The molecular weight excluding hydrogens is 425 g/mol. The molecule has 0 bridgehead atoms. The van der Waals surface area contributed by atoms with E-state index in [9.17, 15) is 18.8 Å². The number of pyridine rings is 1. The molecule has 9 heteroatoms. The summed E-state index contributed by atoms with van der Waals surface area (Å²) >= 11 is 0. The van der Waals surface area contributed by atoms with Crippen LogP contribution in [-0.2, 0) is 9.59 Å². The van der Waals surface area contributed by atoms with Crippen LogP contribution in [0.2, 0.25) is 0 Å². The number of rotatable bonds is 7. The van der Waals surface area contributed by atoms with E-state index < -0.39 is 36.1 Å². The van der Waals surface area contributed by atoms with Crippen LogP contribution in [0.15, 0.2) is 48.7 Å². The SMILES string of the molecule is CNC(=O)NCC(=O)N1CC(F)CC1C(=O)NC(c1ccccc1)c1ccc(C(C)C)cn1. The monoisotopic (exact) mass is 455 g/mol. The van der Waals surface area contributed by atoms with Gasteiger partial charge in [-0.3, -0.25) is 14.6 Å². The van der Waals surface area contributed by atoms with Crippen molar-refractivity contribution in [1.29, 1.82) is 0 Å². The Balaban J connectivity index is 1.80. The lowest BCUT2D eigenvalue weighted by Gasteiger charge is -2.26. The highest BCUT2D eigenvalue weighted by atomic mass is 19.1. The lowest BCUT2D eigenvalue weighted by molar-refractivity contribution is -0.137. The first kappa shape index (κ1) is 24.2. The van der Waals surface area contributed by atoms with Crippen molar-refractivity contribution in [2.45, 2.75) is 44.4 Å². The Bertz CT molecular complexity index is 968. The number of halogens is 1. The maximum absolute atomic E-state index is 14.2. The zero-order valence-electron chi connectivity index (χ0n) is 19.0. The zero-order valence-corrected chi connectivity index (χ0v) is 19.0. The number of alkyl halides is 1. The fraction of sp³-hybridized carbons (Fsp3) is 0.417. The van der Waals surface area contributed by atoms with Crippen LogP contribution in [0.1, 0.15) is 49.0 Å². The molecule has 8 nitrogen and oxygen atoms in total. The molecule has 0 radical (unpaired) electrons. The summed E-state index contributed by atoms with van der Waals surface area (Å²) in [6.45, 7) is 3.64. The Labute approximate surface area is 193 Å². The molecule has 3 N–H and O–H groups in total. The van der Waals surface area contributed by atoms with E-state index in [4.69, 9.17) is 0 Å². The minimum Gasteiger partial charge on any atom is -0.342 e. The predicted octanol–water partition coefficient (Wildman–Crippen LogP) is 2.28. The normalized spacial score (nSPS) is 18.6. The lowest BCUT2D eigenvalue weighted by atomic mass is 10.00. The van der Waals surface area contributed by atoms with E-state index in [1.165, 1.54) is 11.9 Å². The molecule has 1 aliphatic heterocycles. The number of aromatic nitrogens is 1. The summed E-state index contributed by atoms with van der Waals surface area (Å²) in [6, 6.07) is 11.2. The van der Waals surface area contributed by atoms with E-state index in [1.54, 1.807) is 6.20 Å². The largest absolute Gasteiger partial charge is 0.342 e. The number of hydrogen-bond acceptors (Lipinski definition) is 4. The van der Waals surface area contributed by atoms with Crippen molar-refractivity contribution < 1.29 is 18.8 Å². The molecule has 3 unspecified atom stereocenters. The first-order valence-corrected chi connectivity index (χ1v) is 11.0. The van der Waals surface area contributed by atoms with Crippen molar-refractivity contribution in [2.24, 2.45) is 0 Å². The average molecular weight is 456 g/mol. The van der Waals surface area contributed by atoms with Crippen LogP contribution < -0.4 is 16.0 Å².